The lowest BCUT2D eigenvalue weighted by atomic mass is 9.80. The summed E-state index contributed by atoms with van der Waals surface area (Å²) in [6.45, 7) is 6.19. The van der Waals surface area contributed by atoms with Gasteiger partial charge >= 0.3 is 11.9 Å². The van der Waals surface area contributed by atoms with E-state index in [2.05, 4.69) is 4.74 Å². The lowest BCUT2D eigenvalue weighted by Gasteiger charge is -2.31. The van der Waals surface area contributed by atoms with Gasteiger partial charge in [-0.25, -0.2) is 9.59 Å². The van der Waals surface area contributed by atoms with E-state index in [0.29, 0.717) is 0 Å². The van der Waals surface area contributed by atoms with Crippen molar-refractivity contribution in [3.8, 4) is 0 Å². The second-order valence-electron chi connectivity index (χ2n) is 6.96. The van der Waals surface area contributed by atoms with Gasteiger partial charge in [-0.3, -0.25) is 9.59 Å². The predicted octanol–water partition coefficient (Wildman–Crippen LogP) is -1.49. The van der Waals surface area contributed by atoms with E-state index in [-0.39, 0.29) is 12.8 Å². The number of esters is 2. The third kappa shape index (κ3) is 6.33. The summed E-state index contributed by atoms with van der Waals surface area (Å²) >= 11 is 0. The molecule has 0 radical (unpaired) electrons. The highest BCUT2D eigenvalue weighted by atomic mass is 16.6. The maximum Gasteiger partial charge on any atom is 0.331 e. The van der Waals surface area contributed by atoms with Crippen LogP contribution in [-0.4, -0.2) is 35.8 Å². The number of ether oxygens (including phenoxy) is 1. The van der Waals surface area contributed by atoms with Crippen LogP contribution in [-0.2, 0) is 23.9 Å². The van der Waals surface area contributed by atoms with E-state index in [9.17, 15) is 19.2 Å². The van der Waals surface area contributed by atoms with Gasteiger partial charge < -0.3 is 27.7 Å². The minimum absolute atomic E-state index is 0.156. The van der Waals surface area contributed by atoms with Gasteiger partial charge in [0.05, 0.1) is 0 Å². The number of nitrogens with two attached hydrogens (primary N) is 4. The summed E-state index contributed by atoms with van der Waals surface area (Å²) in [4.78, 5) is 45.9. The molecule has 0 rings (SSSR count). The molecule has 0 heterocycles. The number of amides is 2. The third-order valence-corrected chi connectivity index (χ3v) is 3.65. The van der Waals surface area contributed by atoms with Gasteiger partial charge in [0.1, 0.15) is 12.1 Å². The van der Waals surface area contributed by atoms with E-state index in [1.165, 1.54) is 0 Å². The van der Waals surface area contributed by atoms with Crippen LogP contribution in [0.2, 0.25) is 0 Å². The Morgan fingerprint density at radius 3 is 1.26 bits per heavy atom. The number of rotatable bonds is 8. The van der Waals surface area contributed by atoms with Crippen molar-refractivity contribution in [1.29, 1.82) is 0 Å². The molecule has 9 nitrogen and oxygen atoms in total. The van der Waals surface area contributed by atoms with Gasteiger partial charge in [-0.05, 0) is 10.8 Å². The topological polar surface area (TPSA) is 182 Å². The maximum atomic E-state index is 12.0. The first-order chi connectivity index (χ1) is 10.2. The van der Waals surface area contributed by atoms with Crippen molar-refractivity contribution in [1.82, 2.24) is 0 Å². The van der Waals surface area contributed by atoms with Crippen LogP contribution in [0.1, 0.15) is 40.5 Å². The van der Waals surface area contributed by atoms with E-state index in [1.807, 2.05) is 0 Å². The minimum atomic E-state index is -1.24. The van der Waals surface area contributed by atoms with Gasteiger partial charge in [0.2, 0.25) is 11.8 Å². The van der Waals surface area contributed by atoms with Crippen molar-refractivity contribution in [3.05, 3.63) is 0 Å². The van der Waals surface area contributed by atoms with Crippen LogP contribution in [0.4, 0.5) is 0 Å². The molecule has 0 spiro atoms. The highest BCUT2D eigenvalue weighted by molar-refractivity contribution is 5.92. The largest absolute Gasteiger partial charge is 0.391 e. The Bertz CT molecular complexity index is 457. The lowest BCUT2D eigenvalue weighted by molar-refractivity contribution is -0.164. The summed E-state index contributed by atoms with van der Waals surface area (Å²) in [6, 6.07) is -2.49. The first kappa shape index (κ1) is 21.0. The molecule has 0 aromatic rings. The van der Waals surface area contributed by atoms with Crippen LogP contribution >= 0.6 is 0 Å². The third-order valence-electron chi connectivity index (χ3n) is 3.65. The Morgan fingerprint density at radius 2 is 1.04 bits per heavy atom. The van der Waals surface area contributed by atoms with Crippen molar-refractivity contribution in [2.75, 3.05) is 0 Å². The van der Waals surface area contributed by atoms with Gasteiger partial charge in [-0.1, -0.05) is 27.7 Å². The Morgan fingerprint density at radius 1 is 0.783 bits per heavy atom. The normalized spacial score (nSPS) is 14.7. The van der Waals surface area contributed by atoms with Crippen LogP contribution in [0.25, 0.3) is 0 Å². The molecule has 132 valence electrons. The van der Waals surface area contributed by atoms with Gasteiger partial charge in [0, 0.05) is 12.8 Å². The number of carbonyl (C=O) groups excluding carboxylic acids is 4. The maximum absolute atomic E-state index is 12.0. The average Bonchev–Trinajstić information content (AvgIpc) is 2.33. The molecule has 0 aliphatic carbocycles. The fourth-order valence-corrected chi connectivity index (χ4v) is 1.98. The van der Waals surface area contributed by atoms with Crippen molar-refractivity contribution < 1.29 is 23.9 Å². The van der Waals surface area contributed by atoms with Gasteiger partial charge in [0.25, 0.3) is 0 Å². The second-order valence-corrected chi connectivity index (χ2v) is 6.96. The molecule has 0 unspecified atom stereocenters. The molecule has 9 heteroatoms. The lowest BCUT2D eigenvalue weighted by Crippen LogP contribution is -2.51. The highest BCUT2D eigenvalue weighted by Crippen LogP contribution is 2.26. The molecule has 0 saturated heterocycles. The van der Waals surface area contributed by atoms with Gasteiger partial charge in [0.15, 0.2) is 0 Å². The molecular formula is C14H26N4O5. The SMILES string of the molecule is CC(C)(CC(N)=O)[C@H](N)C(=O)OC(=O)[C@@H](N)C(C)(C)CC(N)=O. The first-order valence-corrected chi connectivity index (χ1v) is 7.04. The summed E-state index contributed by atoms with van der Waals surface area (Å²) in [7, 11) is 0. The molecule has 0 aromatic heterocycles. The van der Waals surface area contributed by atoms with Crippen molar-refractivity contribution in [2.24, 2.45) is 33.8 Å². The molecule has 0 aliphatic heterocycles. The molecule has 23 heavy (non-hydrogen) atoms. The van der Waals surface area contributed by atoms with E-state index < -0.39 is 46.7 Å². The standard InChI is InChI=1S/C14H26N4O5/c1-13(2,5-7(15)19)9(17)11(21)23-12(22)10(18)14(3,4)6-8(16)20/h9-10H,5-6,17-18H2,1-4H3,(H2,15,19)(H2,16,20)/t9-,10-/m1/s1. The van der Waals surface area contributed by atoms with Crippen LogP contribution < -0.4 is 22.9 Å². The van der Waals surface area contributed by atoms with Crippen molar-refractivity contribution >= 4 is 23.8 Å². The van der Waals surface area contributed by atoms with Crippen LogP contribution in [0.3, 0.4) is 0 Å². The summed E-state index contributed by atoms with van der Waals surface area (Å²) in [5, 5.41) is 0. The zero-order valence-corrected chi connectivity index (χ0v) is 13.9. The zero-order chi connectivity index (χ0) is 18.6. The Kier molecular flexibility index (Phi) is 6.86. The van der Waals surface area contributed by atoms with Gasteiger partial charge in [-0.2, -0.15) is 0 Å². The molecule has 8 N–H and O–H groups in total. The number of hydrogen-bond donors (Lipinski definition) is 4. The number of hydrogen-bond acceptors (Lipinski definition) is 7. The fraction of sp³-hybridized carbons (Fsp3) is 0.714. The van der Waals surface area contributed by atoms with Crippen LogP contribution in [0, 0.1) is 10.8 Å². The van der Waals surface area contributed by atoms with Gasteiger partial charge in [-0.15, -0.1) is 0 Å². The monoisotopic (exact) mass is 330 g/mol. The van der Waals surface area contributed by atoms with E-state index in [0.717, 1.165) is 0 Å². The quantitative estimate of drug-likeness (QED) is 0.309. The second kappa shape index (κ2) is 7.51. The summed E-state index contributed by atoms with van der Waals surface area (Å²) in [6.07, 6.45) is -0.312. The summed E-state index contributed by atoms with van der Waals surface area (Å²) in [5.41, 5.74) is 19.7. The van der Waals surface area contributed by atoms with Crippen LogP contribution in [0.15, 0.2) is 0 Å². The molecule has 0 bridgehead atoms. The molecule has 2 atom stereocenters. The Labute approximate surface area is 135 Å². The van der Waals surface area contributed by atoms with Crippen LogP contribution in [0.5, 0.6) is 0 Å². The fourth-order valence-electron chi connectivity index (χ4n) is 1.98. The molecule has 0 aliphatic rings. The van der Waals surface area contributed by atoms with E-state index in [1.54, 1.807) is 27.7 Å². The first-order valence-electron chi connectivity index (χ1n) is 7.04. The number of carbonyl (C=O) groups is 4. The molecule has 2 amide bonds. The molecular weight excluding hydrogens is 304 g/mol. The average molecular weight is 330 g/mol. The van der Waals surface area contributed by atoms with Crippen molar-refractivity contribution in [3.63, 3.8) is 0 Å². The van der Waals surface area contributed by atoms with E-state index >= 15 is 0 Å². The zero-order valence-electron chi connectivity index (χ0n) is 13.9. The van der Waals surface area contributed by atoms with E-state index in [4.69, 9.17) is 22.9 Å². The Hall–Kier alpha value is -2.00. The molecule has 0 fully saturated rings. The number of primary amides is 2. The minimum Gasteiger partial charge on any atom is -0.391 e. The Balaban J connectivity index is 4.93. The summed E-state index contributed by atoms with van der Waals surface area (Å²) in [5.74, 6) is -3.31. The predicted molar refractivity (Wildman–Crippen MR) is 82.2 cm³/mol. The molecule has 0 aromatic carbocycles. The van der Waals surface area contributed by atoms with Crippen molar-refractivity contribution in [2.45, 2.75) is 52.6 Å². The highest BCUT2D eigenvalue weighted by Gasteiger charge is 2.39. The summed E-state index contributed by atoms with van der Waals surface area (Å²) < 4.78 is 4.68. The smallest absolute Gasteiger partial charge is 0.331 e. The molecule has 0 saturated carbocycles.